The number of alkyl halides is 3. The van der Waals surface area contributed by atoms with Crippen LogP contribution in [0.15, 0.2) is 0 Å². The standard InChI is InChI=1S/C16H24F3N3O2/c1-10(23)7-13-5-4-6-21(13)15(24)8-14-11(2)20-22(12(14)3)9-16(17,18)19/h10,13,23H,4-9H2,1-3H3. The molecule has 0 aliphatic carbocycles. The Morgan fingerprint density at radius 3 is 2.67 bits per heavy atom. The SMILES string of the molecule is Cc1nn(CC(F)(F)F)c(C)c1CC(=O)N1CCCC1CC(C)O. The summed E-state index contributed by atoms with van der Waals surface area (Å²) in [6.45, 7) is 4.36. The number of nitrogens with zero attached hydrogens (tertiary/aromatic N) is 3. The molecule has 2 rings (SSSR count). The van der Waals surface area contributed by atoms with Crippen molar-refractivity contribution in [2.75, 3.05) is 6.54 Å². The first-order valence-electron chi connectivity index (χ1n) is 8.15. The smallest absolute Gasteiger partial charge is 0.393 e. The van der Waals surface area contributed by atoms with Gasteiger partial charge in [-0.05, 0) is 40.0 Å². The van der Waals surface area contributed by atoms with Crippen molar-refractivity contribution in [3.63, 3.8) is 0 Å². The van der Waals surface area contributed by atoms with E-state index in [2.05, 4.69) is 5.10 Å². The number of aryl methyl sites for hydroxylation is 1. The van der Waals surface area contributed by atoms with Gasteiger partial charge in [0.05, 0.1) is 18.2 Å². The van der Waals surface area contributed by atoms with Crippen LogP contribution in [0.25, 0.3) is 0 Å². The van der Waals surface area contributed by atoms with Gasteiger partial charge in [0.2, 0.25) is 5.91 Å². The summed E-state index contributed by atoms with van der Waals surface area (Å²) >= 11 is 0. The third kappa shape index (κ3) is 4.49. The first-order chi connectivity index (χ1) is 11.1. The fourth-order valence-corrected chi connectivity index (χ4v) is 3.37. The lowest BCUT2D eigenvalue weighted by Gasteiger charge is -2.26. The zero-order chi connectivity index (χ0) is 18.1. The second-order valence-corrected chi connectivity index (χ2v) is 6.57. The Morgan fingerprint density at radius 2 is 2.08 bits per heavy atom. The highest BCUT2D eigenvalue weighted by atomic mass is 19.4. The van der Waals surface area contributed by atoms with Crippen LogP contribution in [0.5, 0.6) is 0 Å². The van der Waals surface area contributed by atoms with Crippen LogP contribution in [0.2, 0.25) is 0 Å². The van der Waals surface area contributed by atoms with Crippen molar-refractivity contribution in [1.29, 1.82) is 0 Å². The number of amides is 1. The number of rotatable bonds is 5. The molecule has 5 nitrogen and oxygen atoms in total. The number of likely N-dealkylation sites (tertiary alicyclic amines) is 1. The lowest BCUT2D eigenvalue weighted by molar-refractivity contribution is -0.143. The quantitative estimate of drug-likeness (QED) is 0.890. The monoisotopic (exact) mass is 347 g/mol. The Morgan fingerprint density at radius 1 is 1.42 bits per heavy atom. The molecular formula is C16H24F3N3O2. The molecule has 0 aromatic carbocycles. The molecule has 24 heavy (non-hydrogen) atoms. The molecule has 2 heterocycles. The predicted octanol–water partition coefficient (Wildman–Crippen LogP) is 2.37. The predicted molar refractivity (Wildman–Crippen MR) is 82.5 cm³/mol. The number of halogens is 3. The molecule has 1 saturated heterocycles. The zero-order valence-electron chi connectivity index (χ0n) is 14.2. The lowest BCUT2D eigenvalue weighted by atomic mass is 10.1. The average molecular weight is 347 g/mol. The minimum absolute atomic E-state index is 0.00309. The van der Waals surface area contributed by atoms with Gasteiger partial charge in [0.15, 0.2) is 0 Å². The van der Waals surface area contributed by atoms with Gasteiger partial charge in [-0.1, -0.05) is 0 Å². The number of aromatic nitrogens is 2. The minimum atomic E-state index is -4.35. The van der Waals surface area contributed by atoms with Crippen LogP contribution in [0.1, 0.15) is 43.1 Å². The molecule has 136 valence electrons. The van der Waals surface area contributed by atoms with E-state index in [-0.39, 0.29) is 18.4 Å². The Bertz CT molecular complexity index is 596. The maximum atomic E-state index is 12.6. The molecule has 1 amide bonds. The summed E-state index contributed by atoms with van der Waals surface area (Å²) in [5, 5.41) is 13.5. The van der Waals surface area contributed by atoms with Crippen molar-refractivity contribution in [3.8, 4) is 0 Å². The molecule has 1 N–H and O–H groups in total. The number of hydrogen-bond donors (Lipinski definition) is 1. The number of aliphatic hydroxyl groups excluding tert-OH is 1. The molecule has 0 saturated carbocycles. The van der Waals surface area contributed by atoms with Crippen LogP contribution in [0.3, 0.4) is 0 Å². The molecule has 1 aliphatic rings. The van der Waals surface area contributed by atoms with E-state index in [1.54, 1.807) is 25.7 Å². The maximum absolute atomic E-state index is 12.6. The van der Waals surface area contributed by atoms with Crippen molar-refractivity contribution in [2.45, 2.75) is 71.3 Å². The third-order valence-corrected chi connectivity index (χ3v) is 4.50. The first-order valence-corrected chi connectivity index (χ1v) is 8.15. The van der Waals surface area contributed by atoms with Crippen molar-refractivity contribution in [3.05, 3.63) is 17.0 Å². The summed E-state index contributed by atoms with van der Waals surface area (Å²) in [6.07, 6.45) is -2.53. The van der Waals surface area contributed by atoms with Gasteiger partial charge in [0.25, 0.3) is 0 Å². The largest absolute Gasteiger partial charge is 0.408 e. The molecule has 1 aliphatic heterocycles. The maximum Gasteiger partial charge on any atom is 0.408 e. The van der Waals surface area contributed by atoms with Crippen LogP contribution in [-0.2, 0) is 17.8 Å². The minimum Gasteiger partial charge on any atom is -0.393 e. The van der Waals surface area contributed by atoms with Crippen LogP contribution in [0.4, 0.5) is 13.2 Å². The lowest BCUT2D eigenvalue weighted by Crippen LogP contribution is -2.38. The van der Waals surface area contributed by atoms with Crippen molar-refractivity contribution in [1.82, 2.24) is 14.7 Å². The molecule has 0 radical (unpaired) electrons. The van der Waals surface area contributed by atoms with Crippen molar-refractivity contribution in [2.24, 2.45) is 0 Å². The number of aliphatic hydroxyl groups is 1. The van der Waals surface area contributed by atoms with Crippen LogP contribution < -0.4 is 0 Å². The molecule has 1 aromatic heterocycles. The highest BCUT2D eigenvalue weighted by Gasteiger charge is 2.32. The normalized spacial score (nSPS) is 19.8. The average Bonchev–Trinajstić information content (AvgIpc) is 2.97. The van der Waals surface area contributed by atoms with E-state index >= 15 is 0 Å². The summed E-state index contributed by atoms with van der Waals surface area (Å²) in [5.74, 6) is -0.115. The van der Waals surface area contributed by atoms with E-state index in [0.717, 1.165) is 17.5 Å². The van der Waals surface area contributed by atoms with Gasteiger partial charge < -0.3 is 10.0 Å². The van der Waals surface area contributed by atoms with Gasteiger partial charge >= 0.3 is 6.18 Å². The molecule has 0 bridgehead atoms. The summed E-state index contributed by atoms with van der Waals surface area (Å²) in [6, 6.07) is 0.00309. The highest BCUT2D eigenvalue weighted by molar-refractivity contribution is 5.80. The van der Waals surface area contributed by atoms with Gasteiger partial charge in [-0.3, -0.25) is 9.48 Å². The van der Waals surface area contributed by atoms with E-state index in [4.69, 9.17) is 0 Å². The van der Waals surface area contributed by atoms with Gasteiger partial charge in [-0.25, -0.2) is 0 Å². The number of hydrogen-bond acceptors (Lipinski definition) is 3. The topological polar surface area (TPSA) is 58.4 Å². The van der Waals surface area contributed by atoms with E-state index in [1.807, 2.05) is 0 Å². The summed E-state index contributed by atoms with van der Waals surface area (Å²) < 4.78 is 38.7. The van der Waals surface area contributed by atoms with E-state index in [9.17, 15) is 23.1 Å². The van der Waals surface area contributed by atoms with Gasteiger partial charge in [-0.2, -0.15) is 18.3 Å². The van der Waals surface area contributed by atoms with Crippen LogP contribution in [-0.4, -0.2) is 50.6 Å². The Hall–Kier alpha value is -1.57. The van der Waals surface area contributed by atoms with Gasteiger partial charge in [0, 0.05) is 23.8 Å². The Kier molecular flexibility index (Phi) is 5.57. The molecular weight excluding hydrogens is 323 g/mol. The van der Waals surface area contributed by atoms with E-state index < -0.39 is 18.8 Å². The molecule has 2 unspecified atom stereocenters. The fourth-order valence-electron chi connectivity index (χ4n) is 3.37. The van der Waals surface area contributed by atoms with E-state index in [1.165, 1.54) is 0 Å². The first kappa shape index (κ1) is 18.8. The fraction of sp³-hybridized carbons (Fsp3) is 0.750. The van der Waals surface area contributed by atoms with E-state index in [0.29, 0.717) is 29.9 Å². The van der Waals surface area contributed by atoms with Crippen molar-refractivity contribution >= 4 is 5.91 Å². The summed E-state index contributed by atoms with van der Waals surface area (Å²) in [5.41, 5.74) is 1.40. The molecule has 2 atom stereocenters. The van der Waals surface area contributed by atoms with Crippen LogP contribution >= 0.6 is 0 Å². The third-order valence-electron chi connectivity index (χ3n) is 4.50. The molecule has 1 fully saturated rings. The Balaban J connectivity index is 2.11. The van der Waals surface area contributed by atoms with Gasteiger partial charge in [-0.15, -0.1) is 0 Å². The summed E-state index contributed by atoms with van der Waals surface area (Å²) in [4.78, 5) is 14.3. The second kappa shape index (κ2) is 7.13. The summed E-state index contributed by atoms with van der Waals surface area (Å²) in [7, 11) is 0. The second-order valence-electron chi connectivity index (χ2n) is 6.57. The molecule has 1 aromatic rings. The molecule has 0 spiro atoms. The zero-order valence-corrected chi connectivity index (χ0v) is 14.2. The Labute approximate surface area is 139 Å². The molecule has 8 heteroatoms. The van der Waals surface area contributed by atoms with Crippen molar-refractivity contribution < 1.29 is 23.1 Å². The van der Waals surface area contributed by atoms with Gasteiger partial charge in [0.1, 0.15) is 6.54 Å². The van der Waals surface area contributed by atoms with Crippen LogP contribution in [0, 0.1) is 13.8 Å². The highest BCUT2D eigenvalue weighted by Crippen LogP contribution is 2.25. The number of carbonyl (C=O) groups is 1. The number of carbonyl (C=O) groups excluding carboxylic acids is 1.